The van der Waals surface area contributed by atoms with Crippen LogP contribution >= 0.6 is 0 Å². The molecule has 1 atom stereocenters. The number of rotatable bonds is 3. The highest BCUT2D eigenvalue weighted by molar-refractivity contribution is 5.04. The first-order chi connectivity index (χ1) is 4.09. The maximum atomic E-state index is 5.77. The average Bonchev–Trinajstić information content (AvgIpc) is 1.84. The SMILES string of the molecule is C=C(CC)[C@H](N)C(C)C. The zero-order valence-corrected chi connectivity index (χ0v) is 6.65. The van der Waals surface area contributed by atoms with Gasteiger partial charge in [0.1, 0.15) is 0 Å². The van der Waals surface area contributed by atoms with Crippen molar-refractivity contribution in [2.45, 2.75) is 33.2 Å². The molecule has 0 saturated heterocycles. The van der Waals surface area contributed by atoms with Gasteiger partial charge in [-0.05, 0) is 12.3 Å². The first kappa shape index (κ1) is 8.70. The third kappa shape index (κ3) is 2.66. The molecule has 0 aromatic carbocycles. The largest absolute Gasteiger partial charge is 0.324 e. The molecule has 0 aliphatic heterocycles. The van der Waals surface area contributed by atoms with Crippen LogP contribution in [-0.4, -0.2) is 6.04 Å². The van der Waals surface area contributed by atoms with Crippen molar-refractivity contribution in [3.05, 3.63) is 12.2 Å². The Morgan fingerprint density at radius 2 is 2.00 bits per heavy atom. The highest BCUT2D eigenvalue weighted by atomic mass is 14.6. The van der Waals surface area contributed by atoms with Crippen LogP contribution in [0, 0.1) is 5.92 Å². The van der Waals surface area contributed by atoms with E-state index in [4.69, 9.17) is 5.73 Å². The zero-order chi connectivity index (χ0) is 7.44. The van der Waals surface area contributed by atoms with Crippen molar-refractivity contribution in [3.63, 3.8) is 0 Å². The van der Waals surface area contributed by atoms with Crippen LogP contribution in [0.2, 0.25) is 0 Å². The summed E-state index contributed by atoms with van der Waals surface area (Å²) in [6.07, 6.45) is 0.999. The van der Waals surface area contributed by atoms with Gasteiger partial charge in [0.15, 0.2) is 0 Å². The Hall–Kier alpha value is -0.300. The summed E-state index contributed by atoms with van der Waals surface area (Å²) in [5.74, 6) is 0.525. The van der Waals surface area contributed by atoms with Gasteiger partial charge in [-0.3, -0.25) is 0 Å². The van der Waals surface area contributed by atoms with E-state index in [0.717, 1.165) is 12.0 Å². The van der Waals surface area contributed by atoms with Gasteiger partial charge in [0.05, 0.1) is 0 Å². The lowest BCUT2D eigenvalue weighted by Gasteiger charge is -2.16. The molecule has 0 aliphatic rings. The molecule has 0 fully saturated rings. The van der Waals surface area contributed by atoms with Gasteiger partial charge >= 0.3 is 0 Å². The van der Waals surface area contributed by atoms with E-state index in [1.54, 1.807) is 0 Å². The molecule has 54 valence electrons. The second-order valence-electron chi connectivity index (χ2n) is 2.78. The summed E-state index contributed by atoms with van der Waals surface area (Å²) in [7, 11) is 0. The van der Waals surface area contributed by atoms with Gasteiger partial charge in [-0.1, -0.05) is 32.9 Å². The molecule has 2 N–H and O–H groups in total. The van der Waals surface area contributed by atoms with Crippen LogP contribution in [0.15, 0.2) is 12.2 Å². The van der Waals surface area contributed by atoms with Crippen molar-refractivity contribution in [3.8, 4) is 0 Å². The van der Waals surface area contributed by atoms with Gasteiger partial charge in [-0.15, -0.1) is 0 Å². The highest BCUT2D eigenvalue weighted by Gasteiger charge is 2.08. The number of hydrogen-bond acceptors (Lipinski definition) is 1. The molecule has 0 rings (SSSR count). The van der Waals surface area contributed by atoms with Crippen LogP contribution in [-0.2, 0) is 0 Å². The summed E-state index contributed by atoms with van der Waals surface area (Å²) >= 11 is 0. The molecule has 0 amide bonds. The minimum atomic E-state index is 0.190. The Kier molecular flexibility index (Phi) is 3.55. The molecule has 0 aliphatic carbocycles. The van der Waals surface area contributed by atoms with Gasteiger partial charge < -0.3 is 5.73 Å². The van der Waals surface area contributed by atoms with Crippen molar-refractivity contribution in [2.75, 3.05) is 0 Å². The monoisotopic (exact) mass is 127 g/mol. The van der Waals surface area contributed by atoms with Crippen LogP contribution in [0.3, 0.4) is 0 Å². The van der Waals surface area contributed by atoms with Gasteiger partial charge in [0.2, 0.25) is 0 Å². The van der Waals surface area contributed by atoms with E-state index >= 15 is 0 Å². The van der Waals surface area contributed by atoms with Crippen LogP contribution in [0.4, 0.5) is 0 Å². The third-order valence-electron chi connectivity index (χ3n) is 1.64. The highest BCUT2D eigenvalue weighted by Crippen LogP contribution is 2.09. The number of nitrogens with two attached hydrogens (primary N) is 1. The molecule has 0 saturated carbocycles. The summed E-state index contributed by atoms with van der Waals surface area (Å²) in [4.78, 5) is 0. The van der Waals surface area contributed by atoms with Crippen molar-refractivity contribution in [1.29, 1.82) is 0 Å². The summed E-state index contributed by atoms with van der Waals surface area (Å²) in [5, 5.41) is 0. The Labute approximate surface area is 57.9 Å². The zero-order valence-electron chi connectivity index (χ0n) is 6.65. The topological polar surface area (TPSA) is 26.0 Å². The fourth-order valence-electron chi connectivity index (χ4n) is 0.707. The first-order valence-corrected chi connectivity index (χ1v) is 3.52. The van der Waals surface area contributed by atoms with E-state index in [2.05, 4.69) is 27.4 Å². The molecule has 9 heavy (non-hydrogen) atoms. The maximum Gasteiger partial charge on any atom is 0.0274 e. The van der Waals surface area contributed by atoms with Gasteiger partial charge in [0.25, 0.3) is 0 Å². The normalized spacial score (nSPS) is 13.9. The predicted molar refractivity (Wildman–Crippen MR) is 42.2 cm³/mol. The Morgan fingerprint density at radius 1 is 1.56 bits per heavy atom. The summed E-state index contributed by atoms with van der Waals surface area (Å²) in [5.41, 5.74) is 6.93. The fraction of sp³-hybridized carbons (Fsp3) is 0.750. The molecular formula is C8H17N. The molecule has 1 heteroatoms. The Morgan fingerprint density at radius 3 is 2.11 bits per heavy atom. The van der Waals surface area contributed by atoms with Crippen molar-refractivity contribution >= 4 is 0 Å². The number of hydrogen-bond donors (Lipinski definition) is 1. The molecule has 0 heterocycles. The quantitative estimate of drug-likeness (QED) is 0.576. The minimum absolute atomic E-state index is 0.190. The Balaban J connectivity index is 3.72. The van der Waals surface area contributed by atoms with E-state index < -0.39 is 0 Å². The first-order valence-electron chi connectivity index (χ1n) is 3.52. The van der Waals surface area contributed by atoms with E-state index in [0.29, 0.717) is 5.92 Å². The summed E-state index contributed by atoms with van der Waals surface area (Å²) < 4.78 is 0. The van der Waals surface area contributed by atoms with E-state index in [-0.39, 0.29) is 6.04 Å². The van der Waals surface area contributed by atoms with Crippen molar-refractivity contribution in [2.24, 2.45) is 11.7 Å². The maximum absolute atomic E-state index is 5.77. The van der Waals surface area contributed by atoms with Crippen LogP contribution in [0.1, 0.15) is 27.2 Å². The second-order valence-corrected chi connectivity index (χ2v) is 2.78. The summed E-state index contributed by atoms with van der Waals surface area (Å²) in [6.45, 7) is 10.2. The average molecular weight is 127 g/mol. The van der Waals surface area contributed by atoms with E-state index in [9.17, 15) is 0 Å². The fourth-order valence-corrected chi connectivity index (χ4v) is 0.707. The van der Waals surface area contributed by atoms with Crippen LogP contribution in [0.5, 0.6) is 0 Å². The molecule has 0 aromatic rings. The third-order valence-corrected chi connectivity index (χ3v) is 1.64. The van der Waals surface area contributed by atoms with Gasteiger partial charge in [0, 0.05) is 6.04 Å². The molecule has 0 bridgehead atoms. The second kappa shape index (κ2) is 3.67. The molecule has 0 aromatic heterocycles. The van der Waals surface area contributed by atoms with Crippen LogP contribution in [0.25, 0.3) is 0 Å². The lowest BCUT2D eigenvalue weighted by molar-refractivity contribution is 0.539. The molecular weight excluding hydrogens is 110 g/mol. The van der Waals surface area contributed by atoms with Crippen LogP contribution < -0.4 is 5.73 Å². The molecule has 0 spiro atoms. The molecule has 0 unspecified atom stereocenters. The van der Waals surface area contributed by atoms with Gasteiger partial charge in [-0.25, -0.2) is 0 Å². The molecule has 0 radical (unpaired) electrons. The smallest absolute Gasteiger partial charge is 0.0274 e. The summed E-state index contributed by atoms with van der Waals surface area (Å²) in [6, 6.07) is 0.190. The van der Waals surface area contributed by atoms with E-state index in [1.165, 1.54) is 0 Å². The molecule has 1 nitrogen and oxygen atoms in total. The lowest BCUT2D eigenvalue weighted by atomic mass is 9.97. The minimum Gasteiger partial charge on any atom is -0.324 e. The predicted octanol–water partition coefficient (Wildman–Crippen LogP) is 1.94. The Bertz CT molecular complexity index is 94.7. The van der Waals surface area contributed by atoms with E-state index in [1.807, 2.05) is 0 Å². The lowest BCUT2D eigenvalue weighted by Crippen LogP contribution is -2.27. The van der Waals surface area contributed by atoms with Crippen molar-refractivity contribution in [1.82, 2.24) is 0 Å². The van der Waals surface area contributed by atoms with Crippen molar-refractivity contribution < 1.29 is 0 Å². The van der Waals surface area contributed by atoms with Gasteiger partial charge in [-0.2, -0.15) is 0 Å². The standard InChI is InChI=1S/C8H17N/c1-5-7(4)8(9)6(2)3/h6,8H,4-5,9H2,1-3H3/t8-/m1/s1.